The normalized spacial score (nSPS) is 13.5. The molecule has 0 N–H and O–H groups in total. The molecule has 0 aliphatic rings. The fourth-order valence-corrected chi connectivity index (χ4v) is 1.04. The number of ether oxygens (including phenoxy) is 3. The fraction of sp³-hybridized carbons (Fsp3) is 0.923. The van der Waals surface area contributed by atoms with Crippen molar-refractivity contribution in [2.24, 2.45) is 11.3 Å². The third-order valence-electron chi connectivity index (χ3n) is 2.70. The van der Waals surface area contributed by atoms with Gasteiger partial charge in [0.1, 0.15) is 6.61 Å². The smallest absolute Gasteiger partial charge is 0.309 e. The van der Waals surface area contributed by atoms with Gasteiger partial charge >= 0.3 is 5.97 Å². The molecule has 0 aliphatic heterocycles. The molecule has 0 aromatic rings. The van der Waals surface area contributed by atoms with Crippen LogP contribution in [0.3, 0.4) is 0 Å². The van der Waals surface area contributed by atoms with Crippen LogP contribution in [0.1, 0.15) is 34.6 Å². The molecule has 0 aromatic carbocycles. The van der Waals surface area contributed by atoms with Crippen LogP contribution in [0.2, 0.25) is 0 Å². The van der Waals surface area contributed by atoms with Crippen LogP contribution in [-0.2, 0) is 19.0 Å². The van der Waals surface area contributed by atoms with Crippen LogP contribution >= 0.6 is 0 Å². The monoisotopic (exact) mass is 246 g/mol. The van der Waals surface area contributed by atoms with Crippen LogP contribution in [-0.4, -0.2) is 39.0 Å². The van der Waals surface area contributed by atoms with Gasteiger partial charge in [0.05, 0.1) is 25.7 Å². The van der Waals surface area contributed by atoms with Crippen molar-refractivity contribution in [2.45, 2.75) is 34.6 Å². The van der Waals surface area contributed by atoms with E-state index in [-0.39, 0.29) is 17.3 Å². The first kappa shape index (κ1) is 16.4. The summed E-state index contributed by atoms with van der Waals surface area (Å²) >= 11 is 0. The zero-order valence-corrected chi connectivity index (χ0v) is 11.7. The van der Waals surface area contributed by atoms with Crippen molar-refractivity contribution in [3.63, 3.8) is 0 Å². The van der Waals surface area contributed by atoms with Crippen LogP contribution in [0, 0.1) is 11.3 Å². The van der Waals surface area contributed by atoms with Gasteiger partial charge < -0.3 is 14.2 Å². The van der Waals surface area contributed by atoms with Crippen LogP contribution in [0.4, 0.5) is 0 Å². The minimum absolute atomic E-state index is 0.0626. The van der Waals surface area contributed by atoms with E-state index in [2.05, 4.69) is 0 Å². The molecule has 0 amide bonds. The summed E-state index contributed by atoms with van der Waals surface area (Å²) in [6.45, 7) is 12.5. The van der Waals surface area contributed by atoms with Crippen molar-refractivity contribution >= 4 is 5.97 Å². The van der Waals surface area contributed by atoms with Gasteiger partial charge in [-0.1, -0.05) is 27.7 Å². The van der Waals surface area contributed by atoms with E-state index in [0.717, 1.165) is 0 Å². The van der Waals surface area contributed by atoms with Crippen LogP contribution in [0.15, 0.2) is 0 Å². The topological polar surface area (TPSA) is 44.8 Å². The number of carbonyl (C=O) groups excluding carboxylic acids is 1. The first-order valence-electron chi connectivity index (χ1n) is 6.21. The van der Waals surface area contributed by atoms with E-state index in [9.17, 15) is 4.79 Å². The van der Waals surface area contributed by atoms with Crippen molar-refractivity contribution in [3.05, 3.63) is 0 Å². The molecule has 0 saturated heterocycles. The largest absolute Gasteiger partial charge is 0.463 e. The molecule has 4 nitrogen and oxygen atoms in total. The van der Waals surface area contributed by atoms with Gasteiger partial charge in [0.2, 0.25) is 0 Å². The average molecular weight is 246 g/mol. The Morgan fingerprint density at radius 3 is 2.12 bits per heavy atom. The van der Waals surface area contributed by atoms with Crippen molar-refractivity contribution in [3.8, 4) is 0 Å². The van der Waals surface area contributed by atoms with Gasteiger partial charge in [-0.25, -0.2) is 0 Å². The van der Waals surface area contributed by atoms with Gasteiger partial charge in [-0.15, -0.1) is 0 Å². The molecule has 1 atom stereocenters. The maximum Gasteiger partial charge on any atom is 0.309 e. The molecular formula is C13H26O4. The molecule has 0 aromatic heterocycles. The summed E-state index contributed by atoms with van der Waals surface area (Å²) in [6, 6.07) is 0. The first-order valence-corrected chi connectivity index (χ1v) is 6.21. The SMILES string of the molecule is CCOCCOCCOC(=O)C(C)C(C)(C)C. The van der Waals surface area contributed by atoms with E-state index in [1.165, 1.54) is 0 Å². The second-order valence-corrected chi connectivity index (χ2v) is 5.06. The molecule has 0 spiro atoms. The van der Waals surface area contributed by atoms with Crippen LogP contribution in [0.5, 0.6) is 0 Å². The number of rotatable bonds is 8. The molecule has 0 fully saturated rings. The maximum atomic E-state index is 11.6. The summed E-state index contributed by atoms with van der Waals surface area (Å²) in [4.78, 5) is 11.6. The Morgan fingerprint density at radius 2 is 1.59 bits per heavy atom. The Hall–Kier alpha value is -0.610. The Kier molecular flexibility index (Phi) is 8.17. The summed E-state index contributed by atoms with van der Waals surface area (Å²) in [5.74, 6) is -0.267. The molecule has 4 heteroatoms. The third-order valence-corrected chi connectivity index (χ3v) is 2.70. The summed E-state index contributed by atoms with van der Waals surface area (Å²) in [6.07, 6.45) is 0. The standard InChI is InChI=1S/C13H26O4/c1-6-15-7-8-16-9-10-17-12(14)11(2)13(3,4)5/h11H,6-10H2,1-5H3. The van der Waals surface area contributed by atoms with Gasteiger partial charge in [0, 0.05) is 6.61 Å². The van der Waals surface area contributed by atoms with Gasteiger partial charge in [0.15, 0.2) is 0 Å². The van der Waals surface area contributed by atoms with Crippen molar-refractivity contribution < 1.29 is 19.0 Å². The highest BCUT2D eigenvalue weighted by Gasteiger charge is 2.27. The van der Waals surface area contributed by atoms with E-state index >= 15 is 0 Å². The lowest BCUT2D eigenvalue weighted by Gasteiger charge is -2.25. The van der Waals surface area contributed by atoms with E-state index in [1.54, 1.807) is 0 Å². The van der Waals surface area contributed by atoms with E-state index in [4.69, 9.17) is 14.2 Å². The lowest BCUT2D eigenvalue weighted by Crippen LogP contribution is -2.28. The van der Waals surface area contributed by atoms with Gasteiger partial charge in [0.25, 0.3) is 0 Å². The molecule has 102 valence electrons. The summed E-state index contributed by atoms with van der Waals surface area (Å²) < 4.78 is 15.5. The minimum atomic E-state index is -0.161. The Morgan fingerprint density at radius 1 is 1.06 bits per heavy atom. The predicted octanol–water partition coefficient (Wildman–Crippen LogP) is 2.26. The molecular weight excluding hydrogens is 220 g/mol. The van der Waals surface area contributed by atoms with Crippen molar-refractivity contribution in [1.29, 1.82) is 0 Å². The zero-order chi connectivity index (χ0) is 13.3. The molecule has 0 aliphatic carbocycles. The number of hydrogen-bond acceptors (Lipinski definition) is 4. The lowest BCUT2D eigenvalue weighted by atomic mass is 9.82. The van der Waals surface area contributed by atoms with Crippen molar-refractivity contribution in [1.82, 2.24) is 0 Å². The molecule has 0 rings (SSSR count). The summed E-state index contributed by atoms with van der Waals surface area (Å²) in [5, 5.41) is 0. The van der Waals surface area contributed by atoms with Gasteiger partial charge in [-0.2, -0.15) is 0 Å². The quantitative estimate of drug-likeness (QED) is 0.487. The highest BCUT2D eigenvalue weighted by molar-refractivity contribution is 5.72. The average Bonchev–Trinajstić information content (AvgIpc) is 2.25. The number of esters is 1. The fourth-order valence-electron chi connectivity index (χ4n) is 1.04. The highest BCUT2D eigenvalue weighted by Crippen LogP contribution is 2.26. The number of carbonyl (C=O) groups is 1. The second kappa shape index (κ2) is 8.48. The molecule has 17 heavy (non-hydrogen) atoms. The van der Waals surface area contributed by atoms with E-state index < -0.39 is 0 Å². The molecule has 0 bridgehead atoms. The molecule has 1 unspecified atom stereocenters. The highest BCUT2D eigenvalue weighted by atomic mass is 16.6. The van der Waals surface area contributed by atoms with Crippen LogP contribution < -0.4 is 0 Å². The van der Waals surface area contributed by atoms with Crippen molar-refractivity contribution in [2.75, 3.05) is 33.0 Å². The zero-order valence-electron chi connectivity index (χ0n) is 11.7. The maximum absolute atomic E-state index is 11.6. The van der Waals surface area contributed by atoms with Gasteiger partial charge in [-0.05, 0) is 12.3 Å². The lowest BCUT2D eigenvalue weighted by molar-refractivity contribution is -0.153. The second-order valence-electron chi connectivity index (χ2n) is 5.06. The van der Waals surface area contributed by atoms with Crippen LogP contribution in [0.25, 0.3) is 0 Å². The molecule has 0 radical (unpaired) electrons. The molecule has 0 heterocycles. The summed E-state index contributed by atoms with van der Waals surface area (Å²) in [7, 11) is 0. The number of hydrogen-bond donors (Lipinski definition) is 0. The van der Waals surface area contributed by atoms with Gasteiger partial charge in [-0.3, -0.25) is 4.79 Å². The Labute approximate surface area is 105 Å². The Bertz CT molecular complexity index is 208. The first-order chi connectivity index (χ1) is 7.89. The van der Waals surface area contributed by atoms with E-state index in [1.807, 2.05) is 34.6 Å². The van der Waals surface area contributed by atoms with E-state index in [0.29, 0.717) is 33.0 Å². The summed E-state index contributed by atoms with van der Waals surface area (Å²) in [5.41, 5.74) is -0.0626. The Balaban J connectivity index is 3.52. The molecule has 0 saturated carbocycles. The minimum Gasteiger partial charge on any atom is -0.463 e. The predicted molar refractivity (Wildman–Crippen MR) is 66.9 cm³/mol. The third kappa shape index (κ3) is 8.16.